The summed E-state index contributed by atoms with van der Waals surface area (Å²) in [6.45, 7) is 13.8. The zero-order valence-electron chi connectivity index (χ0n) is 11.5. The average molecular weight is 225 g/mol. The molecule has 1 atom stereocenters. The normalized spacial score (nSPS) is 15.2. The SMILES string of the molecule is C=CCCCC(C)(NC(C)C)C(=O)C(C)C. The van der Waals surface area contributed by atoms with Gasteiger partial charge >= 0.3 is 0 Å². The van der Waals surface area contributed by atoms with Crippen LogP contribution in [0.1, 0.15) is 53.9 Å². The molecule has 1 unspecified atom stereocenters. The van der Waals surface area contributed by atoms with E-state index in [9.17, 15) is 4.79 Å². The standard InChI is InChI=1S/C14H27NO/c1-7-8-9-10-14(6,15-12(4)5)13(16)11(2)3/h7,11-12,15H,1,8-10H2,2-6H3. The summed E-state index contributed by atoms with van der Waals surface area (Å²) in [6.07, 6.45) is 4.78. The monoisotopic (exact) mass is 225 g/mol. The number of hydrogen-bond acceptors (Lipinski definition) is 2. The van der Waals surface area contributed by atoms with Crippen LogP contribution in [0.15, 0.2) is 12.7 Å². The van der Waals surface area contributed by atoms with Crippen LogP contribution in [0.2, 0.25) is 0 Å². The van der Waals surface area contributed by atoms with Crippen LogP contribution in [0, 0.1) is 5.92 Å². The number of rotatable bonds is 8. The lowest BCUT2D eigenvalue weighted by molar-refractivity contribution is -0.128. The van der Waals surface area contributed by atoms with E-state index >= 15 is 0 Å². The van der Waals surface area contributed by atoms with E-state index in [-0.39, 0.29) is 11.5 Å². The molecule has 1 N–H and O–H groups in total. The minimum atomic E-state index is -0.384. The summed E-state index contributed by atoms with van der Waals surface area (Å²) < 4.78 is 0. The molecule has 0 heterocycles. The number of hydrogen-bond donors (Lipinski definition) is 1. The fourth-order valence-electron chi connectivity index (χ4n) is 2.14. The summed E-state index contributed by atoms with van der Waals surface area (Å²) in [5.74, 6) is 0.394. The molecule has 0 rings (SSSR count). The van der Waals surface area contributed by atoms with Gasteiger partial charge in [0.05, 0.1) is 5.54 Å². The number of carbonyl (C=O) groups is 1. The first-order valence-electron chi connectivity index (χ1n) is 6.26. The van der Waals surface area contributed by atoms with Gasteiger partial charge < -0.3 is 5.32 Å². The quantitative estimate of drug-likeness (QED) is 0.507. The van der Waals surface area contributed by atoms with Crippen molar-refractivity contribution >= 4 is 5.78 Å². The van der Waals surface area contributed by atoms with E-state index in [0.717, 1.165) is 19.3 Å². The van der Waals surface area contributed by atoms with Crippen molar-refractivity contribution < 1.29 is 4.79 Å². The van der Waals surface area contributed by atoms with Crippen LogP contribution in [0.5, 0.6) is 0 Å². The topological polar surface area (TPSA) is 29.1 Å². The molecular formula is C14H27NO. The molecule has 0 aromatic rings. The Labute approximate surface area is 101 Å². The third kappa shape index (κ3) is 4.93. The van der Waals surface area contributed by atoms with Crippen LogP contribution >= 0.6 is 0 Å². The Morgan fingerprint density at radius 2 is 1.94 bits per heavy atom. The molecular weight excluding hydrogens is 198 g/mol. The Morgan fingerprint density at radius 1 is 1.38 bits per heavy atom. The molecule has 0 aromatic heterocycles. The Morgan fingerprint density at radius 3 is 2.31 bits per heavy atom. The van der Waals surface area contributed by atoms with E-state index in [0.29, 0.717) is 11.8 Å². The highest BCUT2D eigenvalue weighted by Crippen LogP contribution is 2.20. The first-order chi connectivity index (χ1) is 7.33. The van der Waals surface area contributed by atoms with Crippen molar-refractivity contribution in [3.8, 4) is 0 Å². The smallest absolute Gasteiger partial charge is 0.155 e. The largest absolute Gasteiger partial charge is 0.303 e. The van der Waals surface area contributed by atoms with E-state index in [1.165, 1.54) is 0 Å². The van der Waals surface area contributed by atoms with Gasteiger partial charge in [-0.2, -0.15) is 0 Å². The summed E-state index contributed by atoms with van der Waals surface area (Å²) in [7, 11) is 0. The number of unbranched alkanes of at least 4 members (excludes halogenated alkanes) is 1. The van der Waals surface area contributed by atoms with Crippen LogP contribution in [-0.4, -0.2) is 17.4 Å². The lowest BCUT2D eigenvalue weighted by atomic mass is 9.84. The molecule has 16 heavy (non-hydrogen) atoms. The lowest BCUT2D eigenvalue weighted by Crippen LogP contribution is -2.53. The van der Waals surface area contributed by atoms with Gasteiger partial charge in [0.2, 0.25) is 0 Å². The van der Waals surface area contributed by atoms with E-state index < -0.39 is 0 Å². The maximum Gasteiger partial charge on any atom is 0.155 e. The Hall–Kier alpha value is -0.630. The van der Waals surface area contributed by atoms with Crippen LogP contribution in [0.4, 0.5) is 0 Å². The second kappa shape index (κ2) is 6.85. The van der Waals surface area contributed by atoms with Gasteiger partial charge in [0, 0.05) is 12.0 Å². The third-order valence-corrected chi connectivity index (χ3v) is 2.76. The van der Waals surface area contributed by atoms with Gasteiger partial charge in [-0.15, -0.1) is 6.58 Å². The van der Waals surface area contributed by atoms with E-state index in [4.69, 9.17) is 0 Å². The number of carbonyl (C=O) groups excluding carboxylic acids is 1. The van der Waals surface area contributed by atoms with Crippen molar-refractivity contribution in [2.24, 2.45) is 5.92 Å². The summed E-state index contributed by atoms with van der Waals surface area (Å²) in [6, 6.07) is 0.330. The molecule has 0 spiro atoms. The fraction of sp³-hybridized carbons (Fsp3) is 0.786. The first-order valence-corrected chi connectivity index (χ1v) is 6.26. The minimum absolute atomic E-state index is 0.0833. The Balaban J connectivity index is 4.59. The molecule has 0 aliphatic carbocycles. The Bertz CT molecular complexity index is 233. The highest BCUT2D eigenvalue weighted by Gasteiger charge is 2.33. The van der Waals surface area contributed by atoms with Gasteiger partial charge in [-0.05, 0) is 40.0 Å². The maximum absolute atomic E-state index is 12.2. The van der Waals surface area contributed by atoms with Gasteiger partial charge in [-0.25, -0.2) is 0 Å². The van der Waals surface area contributed by atoms with Gasteiger partial charge in [0.25, 0.3) is 0 Å². The van der Waals surface area contributed by atoms with Crippen LogP contribution in [0.3, 0.4) is 0 Å². The summed E-state index contributed by atoms with van der Waals surface area (Å²) in [4.78, 5) is 12.2. The van der Waals surface area contributed by atoms with Crippen molar-refractivity contribution in [3.05, 3.63) is 12.7 Å². The highest BCUT2D eigenvalue weighted by molar-refractivity contribution is 5.89. The van der Waals surface area contributed by atoms with Crippen molar-refractivity contribution in [2.45, 2.75) is 65.5 Å². The molecule has 0 aliphatic rings. The molecule has 94 valence electrons. The minimum Gasteiger partial charge on any atom is -0.303 e. The second-order valence-electron chi connectivity index (χ2n) is 5.33. The molecule has 0 bridgehead atoms. The molecule has 2 nitrogen and oxygen atoms in total. The molecule has 0 aromatic carbocycles. The number of allylic oxidation sites excluding steroid dienone is 1. The average Bonchev–Trinajstić information content (AvgIpc) is 2.15. The first kappa shape index (κ1) is 15.4. The van der Waals surface area contributed by atoms with Crippen LogP contribution in [0.25, 0.3) is 0 Å². The second-order valence-corrected chi connectivity index (χ2v) is 5.33. The number of Topliss-reactive ketones (excluding diaryl/α,β-unsaturated/α-hetero) is 1. The van der Waals surface area contributed by atoms with E-state index in [2.05, 4.69) is 25.7 Å². The zero-order chi connectivity index (χ0) is 12.8. The zero-order valence-corrected chi connectivity index (χ0v) is 11.5. The van der Waals surface area contributed by atoms with E-state index in [1.54, 1.807) is 0 Å². The van der Waals surface area contributed by atoms with E-state index in [1.807, 2.05) is 26.8 Å². The number of nitrogens with one attached hydrogen (secondary N) is 1. The molecule has 0 aliphatic heterocycles. The summed E-state index contributed by atoms with van der Waals surface area (Å²) in [5.41, 5.74) is -0.384. The summed E-state index contributed by atoms with van der Waals surface area (Å²) in [5, 5.41) is 3.41. The predicted molar refractivity (Wildman–Crippen MR) is 70.6 cm³/mol. The van der Waals surface area contributed by atoms with Crippen molar-refractivity contribution in [3.63, 3.8) is 0 Å². The van der Waals surface area contributed by atoms with Gasteiger partial charge in [-0.3, -0.25) is 4.79 Å². The summed E-state index contributed by atoms with van der Waals surface area (Å²) >= 11 is 0. The lowest BCUT2D eigenvalue weighted by Gasteiger charge is -2.33. The van der Waals surface area contributed by atoms with Crippen molar-refractivity contribution in [1.29, 1.82) is 0 Å². The number of ketones is 1. The van der Waals surface area contributed by atoms with Crippen molar-refractivity contribution in [2.75, 3.05) is 0 Å². The maximum atomic E-state index is 12.2. The molecule has 0 saturated carbocycles. The molecule has 0 amide bonds. The molecule has 0 fully saturated rings. The molecule has 2 heteroatoms. The van der Waals surface area contributed by atoms with Gasteiger partial charge in [0.15, 0.2) is 5.78 Å². The third-order valence-electron chi connectivity index (χ3n) is 2.76. The van der Waals surface area contributed by atoms with Gasteiger partial charge in [-0.1, -0.05) is 19.9 Å². The Kier molecular flexibility index (Phi) is 6.58. The predicted octanol–water partition coefficient (Wildman–Crippen LogP) is 3.32. The van der Waals surface area contributed by atoms with Crippen molar-refractivity contribution in [1.82, 2.24) is 5.32 Å². The van der Waals surface area contributed by atoms with Gasteiger partial charge in [0.1, 0.15) is 0 Å². The molecule has 0 saturated heterocycles. The van der Waals surface area contributed by atoms with Crippen LogP contribution < -0.4 is 5.32 Å². The highest BCUT2D eigenvalue weighted by atomic mass is 16.1. The van der Waals surface area contributed by atoms with Crippen LogP contribution in [-0.2, 0) is 4.79 Å². The molecule has 0 radical (unpaired) electrons. The fourth-order valence-corrected chi connectivity index (χ4v) is 2.14.